The van der Waals surface area contributed by atoms with E-state index >= 15 is 0 Å². The summed E-state index contributed by atoms with van der Waals surface area (Å²) in [5, 5.41) is 14.4. The molecule has 2 atom stereocenters. The fraction of sp³-hybridized carbons (Fsp3) is 0.478. The Morgan fingerprint density at radius 2 is 1.93 bits per heavy atom. The topological polar surface area (TPSA) is 76.9 Å². The van der Waals surface area contributed by atoms with Crippen molar-refractivity contribution in [2.75, 3.05) is 0 Å². The van der Waals surface area contributed by atoms with Crippen molar-refractivity contribution in [2.24, 2.45) is 17.6 Å². The van der Waals surface area contributed by atoms with Gasteiger partial charge in [0.1, 0.15) is 6.07 Å². The van der Waals surface area contributed by atoms with Gasteiger partial charge in [0.15, 0.2) is 0 Å². The molecule has 1 aromatic carbocycles. The number of rotatable bonds is 7. The lowest BCUT2D eigenvalue weighted by Crippen LogP contribution is -2.22. The predicted molar refractivity (Wildman–Crippen MR) is 111 cm³/mol. The molecule has 0 aliphatic carbocycles. The molecule has 0 amide bonds. The van der Waals surface area contributed by atoms with Crippen LogP contribution in [0.2, 0.25) is 0 Å². The van der Waals surface area contributed by atoms with Gasteiger partial charge < -0.3 is 10.5 Å². The maximum atomic E-state index is 9.74. The van der Waals surface area contributed by atoms with E-state index in [9.17, 15) is 5.26 Å². The molecule has 148 valence electrons. The van der Waals surface area contributed by atoms with Crippen LogP contribution in [0, 0.1) is 30.1 Å². The third-order valence-corrected chi connectivity index (χ3v) is 5.47. The lowest BCUT2D eigenvalue weighted by molar-refractivity contribution is 0.346. The zero-order valence-electron chi connectivity index (χ0n) is 17.3. The van der Waals surface area contributed by atoms with Gasteiger partial charge in [-0.05, 0) is 37.3 Å². The minimum absolute atomic E-state index is 0.0692. The fourth-order valence-electron chi connectivity index (χ4n) is 4.00. The number of hydrogen-bond acceptors (Lipinski definition) is 4. The summed E-state index contributed by atoms with van der Waals surface area (Å²) in [5.74, 6) is 1.98. The quantitative estimate of drug-likeness (QED) is 0.718. The molecule has 0 saturated heterocycles. The molecule has 0 bridgehead atoms. The van der Waals surface area contributed by atoms with Crippen molar-refractivity contribution in [3.05, 3.63) is 53.0 Å². The van der Waals surface area contributed by atoms with E-state index in [4.69, 9.17) is 15.6 Å². The van der Waals surface area contributed by atoms with E-state index < -0.39 is 0 Å². The molecule has 0 spiro atoms. The third-order valence-electron chi connectivity index (χ3n) is 5.47. The summed E-state index contributed by atoms with van der Waals surface area (Å²) >= 11 is 0. The number of nitriles is 1. The minimum atomic E-state index is -0.0692. The van der Waals surface area contributed by atoms with E-state index in [1.807, 2.05) is 37.3 Å². The Bertz CT molecular complexity index is 889. The number of para-hydroxylation sites is 1. The molecule has 1 aliphatic rings. The monoisotopic (exact) mass is 378 g/mol. The zero-order chi connectivity index (χ0) is 20.3. The van der Waals surface area contributed by atoms with Gasteiger partial charge in [0.05, 0.1) is 17.0 Å². The highest BCUT2D eigenvalue weighted by Crippen LogP contribution is 2.44. The molecular formula is C23H30N4O. The van der Waals surface area contributed by atoms with Crippen LogP contribution in [0.5, 0.6) is 5.88 Å². The highest BCUT2D eigenvalue weighted by atomic mass is 16.5. The molecule has 5 nitrogen and oxygen atoms in total. The van der Waals surface area contributed by atoms with Crippen LogP contribution in [0.25, 0.3) is 5.69 Å². The van der Waals surface area contributed by atoms with Crippen molar-refractivity contribution in [1.82, 2.24) is 9.78 Å². The molecule has 1 aliphatic heterocycles. The summed E-state index contributed by atoms with van der Waals surface area (Å²) < 4.78 is 7.70. The molecule has 2 heterocycles. The Balaban J connectivity index is 1.93. The summed E-state index contributed by atoms with van der Waals surface area (Å²) in [6.45, 7) is 8.76. The molecular weight excluding hydrogens is 348 g/mol. The van der Waals surface area contributed by atoms with Crippen molar-refractivity contribution in [2.45, 2.75) is 59.3 Å². The average Bonchev–Trinajstić information content (AvgIpc) is 2.98. The van der Waals surface area contributed by atoms with Gasteiger partial charge in [-0.3, -0.25) is 0 Å². The molecule has 0 saturated carbocycles. The van der Waals surface area contributed by atoms with Gasteiger partial charge in [-0.15, -0.1) is 0 Å². The SMILES string of the molecule is Cc1nn(-c2ccccc2)c2c1C(CC(C)CCCC(C)C)C(C#N)=C(N)O2. The van der Waals surface area contributed by atoms with Gasteiger partial charge in [-0.25, -0.2) is 4.68 Å². The largest absolute Gasteiger partial charge is 0.422 e. The van der Waals surface area contributed by atoms with E-state index in [1.54, 1.807) is 4.68 Å². The van der Waals surface area contributed by atoms with Crippen LogP contribution in [0.15, 0.2) is 41.8 Å². The third kappa shape index (κ3) is 4.06. The van der Waals surface area contributed by atoms with Crippen molar-refractivity contribution >= 4 is 0 Å². The maximum absolute atomic E-state index is 9.74. The number of hydrogen-bond donors (Lipinski definition) is 1. The van der Waals surface area contributed by atoms with Crippen molar-refractivity contribution in [3.63, 3.8) is 0 Å². The first kappa shape index (κ1) is 20.0. The second-order valence-electron chi connectivity index (χ2n) is 8.26. The number of aryl methyl sites for hydroxylation is 1. The van der Waals surface area contributed by atoms with Gasteiger partial charge in [0.2, 0.25) is 11.8 Å². The van der Waals surface area contributed by atoms with E-state index in [0.717, 1.165) is 35.7 Å². The number of fused-ring (bicyclic) bond motifs is 1. The summed E-state index contributed by atoms with van der Waals surface area (Å²) in [5.41, 5.74) is 9.49. The first-order valence-electron chi connectivity index (χ1n) is 10.1. The van der Waals surface area contributed by atoms with Crippen molar-refractivity contribution < 1.29 is 4.74 Å². The van der Waals surface area contributed by atoms with Gasteiger partial charge in [-0.2, -0.15) is 10.4 Å². The maximum Gasteiger partial charge on any atom is 0.228 e. The molecule has 0 radical (unpaired) electrons. The molecule has 28 heavy (non-hydrogen) atoms. The van der Waals surface area contributed by atoms with E-state index in [-0.39, 0.29) is 11.8 Å². The molecule has 0 fully saturated rings. The minimum Gasteiger partial charge on any atom is -0.422 e. The van der Waals surface area contributed by atoms with E-state index in [2.05, 4.69) is 26.8 Å². The predicted octanol–water partition coefficient (Wildman–Crippen LogP) is 5.20. The first-order chi connectivity index (χ1) is 13.4. The lowest BCUT2D eigenvalue weighted by atomic mass is 9.81. The number of ether oxygens (including phenoxy) is 1. The Labute approximate surface area is 167 Å². The molecule has 3 rings (SSSR count). The van der Waals surface area contributed by atoms with E-state index in [0.29, 0.717) is 17.4 Å². The average molecular weight is 379 g/mol. The van der Waals surface area contributed by atoms with Crippen molar-refractivity contribution in [3.8, 4) is 17.6 Å². The molecule has 2 unspecified atom stereocenters. The van der Waals surface area contributed by atoms with Crippen molar-refractivity contribution in [1.29, 1.82) is 5.26 Å². The second-order valence-corrected chi connectivity index (χ2v) is 8.26. The van der Waals surface area contributed by atoms with E-state index in [1.165, 1.54) is 12.8 Å². The smallest absolute Gasteiger partial charge is 0.228 e. The standard InChI is InChI=1S/C23H30N4O/c1-15(2)9-8-10-16(3)13-19-20(14-24)22(25)28-23-21(19)17(4)26-27(23)18-11-6-5-7-12-18/h5-7,11-12,15-16,19H,8-10,13,25H2,1-4H3. The number of aromatic nitrogens is 2. The summed E-state index contributed by atoms with van der Waals surface area (Å²) in [6.07, 6.45) is 4.46. The summed E-state index contributed by atoms with van der Waals surface area (Å²) in [4.78, 5) is 0. The van der Waals surface area contributed by atoms with Gasteiger partial charge in [0, 0.05) is 11.5 Å². The number of allylic oxidation sites excluding steroid dienone is 1. The van der Waals surface area contributed by atoms with Crippen LogP contribution in [0.1, 0.15) is 63.6 Å². The Morgan fingerprint density at radius 1 is 1.21 bits per heavy atom. The van der Waals surface area contributed by atoms with Crippen LogP contribution in [0.3, 0.4) is 0 Å². The van der Waals surface area contributed by atoms with Crippen LogP contribution in [-0.4, -0.2) is 9.78 Å². The Kier molecular flexibility index (Phi) is 6.08. The Morgan fingerprint density at radius 3 is 2.57 bits per heavy atom. The first-order valence-corrected chi connectivity index (χ1v) is 10.1. The fourth-order valence-corrected chi connectivity index (χ4v) is 4.00. The van der Waals surface area contributed by atoms with Gasteiger partial charge in [0.25, 0.3) is 0 Å². The Hall–Kier alpha value is -2.74. The molecule has 1 aromatic heterocycles. The molecule has 5 heteroatoms. The zero-order valence-corrected chi connectivity index (χ0v) is 17.3. The lowest BCUT2D eigenvalue weighted by Gasteiger charge is -2.26. The second kappa shape index (κ2) is 8.52. The van der Waals surface area contributed by atoms with Gasteiger partial charge in [-0.1, -0.05) is 58.2 Å². The number of benzene rings is 1. The van der Waals surface area contributed by atoms with Crippen LogP contribution in [-0.2, 0) is 0 Å². The highest BCUT2D eigenvalue weighted by Gasteiger charge is 2.35. The molecule has 2 aromatic rings. The molecule has 2 N–H and O–H groups in total. The summed E-state index contributed by atoms with van der Waals surface area (Å²) in [6, 6.07) is 12.2. The number of nitrogens with zero attached hydrogens (tertiary/aromatic N) is 3. The van der Waals surface area contributed by atoms with Crippen LogP contribution in [0.4, 0.5) is 0 Å². The number of nitrogens with two attached hydrogens (primary N) is 1. The summed E-state index contributed by atoms with van der Waals surface area (Å²) in [7, 11) is 0. The van der Waals surface area contributed by atoms with Gasteiger partial charge >= 0.3 is 0 Å². The van der Waals surface area contributed by atoms with Crippen LogP contribution >= 0.6 is 0 Å². The highest BCUT2D eigenvalue weighted by molar-refractivity contribution is 5.52. The van der Waals surface area contributed by atoms with Crippen LogP contribution < -0.4 is 10.5 Å². The normalized spacial score (nSPS) is 17.2.